The van der Waals surface area contributed by atoms with Gasteiger partial charge in [-0.2, -0.15) is 0 Å². The van der Waals surface area contributed by atoms with Gasteiger partial charge in [-0.05, 0) is 13.0 Å². The third-order valence-electron chi connectivity index (χ3n) is 3.34. The van der Waals surface area contributed by atoms with Crippen LogP contribution in [-0.4, -0.2) is 18.0 Å². The fourth-order valence-electron chi connectivity index (χ4n) is 2.31. The van der Waals surface area contributed by atoms with E-state index in [-0.39, 0.29) is 0 Å². The molecule has 3 rings (SSSR count). The zero-order valence-corrected chi connectivity index (χ0v) is 11.0. The van der Waals surface area contributed by atoms with Gasteiger partial charge in [0.2, 0.25) is 0 Å². The van der Waals surface area contributed by atoms with Gasteiger partial charge in [0, 0.05) is 0 Å². The minimum atomic E-state index is -2.44. The lowest BCUT2D eigenvalue weighted by molar-refractivity contribution is -0.192. The number of esters is 2. The van der Waals surface area contributed by atoms with Gasteiger partial charge in [0.1, 0.15) is 5.56 Å². The van der Waals surface area contributed by atoms with E-state index in [1.807, 2.05) is 0 Å². The number of halogens is 3. The summed E-state index contributed by atoms with van der Waals surface area (Å²) in [6, 6.07) is -0.236. The Morgan fingerprint density at radius 3 is 2.23 bits per heavy atom. The Bertz CT molecular complexity index is 798. The highest BCUT2D eigenvalue weighted by Gasteiger charge is 2.56. The number of cyclic esters (lactones) is 2. The van der Waals surface area contributed by atoms with E-state index in [4.69, 9.17) is 19.6 Å². The summed E-state index contributed by atoms with van der Waals surface area (Å²) in [5.74, 6) is -10.3. The van der Waals surface area contributed by atoms with Crippen molar-refractivity contribution < 1.29 is 36.7 Å². The fourth-order valence-corrected chi connectivity index (χ4v) is 2.31. The second-order valence-corrected chi connectivity index (χ2v) is 4.72. The van der Waals surface area contributed by atoms with Gasteiger partial charge in [0.15, 0.2) is 23.0 Å². The van der Waals surface area contributed by atoms with Crippen LogP contribution in [0.15, 0.2) is 16.7 Å². The zero-order valence-electron chi connectivity index (χ0n) is 11.0. The molecule has 0 amide bonds. The normalized spacial score (nSPS) is 18.4. The van der Waals surface area contributed by atoms with E-state index in [2.05, 4.69) is 0 Å². The molecule has 22 heavy (non-hydrogen) atoms. The lowest BCUT2D eigenvalue weighted by Crippen LogP contribution is -2.46. The van der Waals surface area contributed by atoms with Gasteiger partial charge in [-0.3, -0.25) is 0 Å². The summed E-state index contributed by atoms with van der Waals surface area (Å²) < 4.78 is 56.2. The number of ether oxygens (including phenoxy) is 2. The molecule has 1 fully saturated rings. The smallest absolute Gasteiger partial charge is 0.421 e. The van der Waals surface area contributed by atoms with Crippen LogP contribution in [0.3, 0.4) is 0 Å². The molecular formula is C13H8F3NO5. The Morgan fingerprint density at radius 2 is 1.68 bits per heavy atom. The van der Waals surface area contributed by atoms with Crippen LogP contribution in [0.2, 0.25) is 0 Å². The van der Waals surface area contributed by atoms with Gasteiger partial charge in [-0.25, -0.2) is 22.8 Å². The Hall–Kier alpha value is -2.55. The highest BCUT2D eigenvalue weighted by Crippen LogP contribution is 2.42. The molecule has 1 saturated heterocycles. The molecule has 1 aromatic heterocycles. The molecule has 0 saturated carbocycles. The second kappa shape index (κ2) is 4.47. The van der Waals surface area contributed by atoms with Crippen molar-refractivity contribution in [2.75, 3.05) is 0 Å². The number of furan rings is 1. The van der Waals surface area contributed by atoms with Gasteiger partial charge in [0.25, 0.3) is 0 Å². The summed E-state index contributed by atoms with van der Waals surface area (Å²) in [4.78, 5) is 22.7. The van der Waals surface area contributed by atoms with Crippen molar-refractivity contribution in [3.63, 3.8) is 0 Å². The fraction of sp³-hybridized carbons (Fsp3) is 0.231. The van der Waals surface area contributed by atoms with Crippen molar-refractivity contribution in [1.82, 2.24) is 0 Å². The van der Waals surface area contributed by atoms with Crippen molar-refractivity contribution in [2.24, 2.45) is 5.73 Å². The molecule has 1 atom stereocenters. The van der Waals surface area contributed by atoms with Crippen LogP contribution in [0.25, 0.3) is 11.0 Å². The molecule has 0 aliphatic carbocycles. The largest absolute Gasteiger partial charge is 0.464 e. The molecule has 2 heterocycles. The summed E-state index contributed by atoms with van der Waals surface area (Å²) in [6.45, 7) is 1.24. The molecule has 2 N–H and O–H groups in total. The molecule has 1 aliphatic heterocycles. The van der Waals surface area contributed by atoms with Crippen LogP contribution < -0.4 is 5.73 Å². The summed E-state index contributed by atoms with van der Waals surface area (Å²) in [5.41, 5.74) is 4.36. The Balaban J connectivity index is 2.40. The lowest BCUT2D eigenvalue weighted by atomic mass is 9.96. The van der Waals surface area contributed by atoms with E-state index < -0.39 is 57.8 Å². The molecule has 1 unspecified atom stereocenters. The third kappa shape index (κ3) is 1.65. The first kappa shape index (κ1) is 14.4. The van der Waals surface area contributed by atoms with Crippen LogP contribution in [-0.2, 0) is 24.8 Å². The minimum absolute atomic E-state index is 0.409. The first-order valence-corrected chi connectivity index (χ1v) is 6.05. The number of carbonyl (C=O) groups is 2. The predicted octanol–water partition coefficient (Wildman–Crippen LogP) is 1.45. The molecule has 116 valence electrons. The molecule has 1 aromatic carbocycles. The average Bonchev–Trinajstić information content (AvgIpc) is 3.03. The Morgan fingerprint density at radius 1 is 1.09 bits per heavy atom. The number of rotatable bonds is 2. The monoisotopic (exact) mass is 315 g/mol. The van der Waals surface area contributed by atoms with E-state index in [9.17, 15) is 22.8 Å². The third-order valence-corrected chi connectivity index (χ3v) is 3.34. The van der Waals surface area contributed by atoms with Crippen LogP contribution in [0.1, 0.15) is 12.5 Å². The number of nitrogens with two attached hydrogens (primary N) is 1. The second-order valence-electron chi connectivity index (χ2n) is 4.72. The summed E-state index contributed by atoms with van der Waals surface area (Å²) >= 11 is 0. The molecule has 0 spiro atoms. The number of hydrogen-bond donors (Lipinski definition) is 1. The summed E-state index contributed by atoms with van der Waals surface area (Å²) in [6.07, 6.45) is 0.976. The standard InChI is InChI=1S/C13H8F3NO5/c1-4(17)13(21-11(18)12(19)22-13)6-8(15)9(16)7(14)5-2-3-20-10(5)6/h2-4H,17H2,1H3. The lowest BCUT2D eigenvalue weighted by Gasteiger charge is -2.29. The maximum atomic E-state index is 14.3. The van der Waals surface area contributed by atoms with Gasteiger partial charge in [-0.15, -0.1) is 0 Å². The molecular weight excluding hydrogens is 307 g/mol. The highest BCUT2D eigenvalue weighted by atomic mass is 19.2. The van der Waals surface area contributed by atoms with Gasteiger partial charge < -0.3 is 19.6 Å². The molecule has 1 aliphatic rings. The van der Waals surface area contributed by atoms with Crippen LogP contribution in [0.4, 0.5) is 13.2 Å². The minimum Gasteiger partial charge on any atom is -0.464 e. The van der Waals surface area contributed by atoms with Crippen molar-refractivity contribution in [1.29, 1.82) is 0 Å². The predicted molar refractivity (Wildman–Crippen MR) is 63.6 cm³/mol. The Kier molecular flexibility index (Phi) is 2.92. The number of benzene rings is 1. The van der Waals surface area contributed by atoms with Crippen LogP contribution >= 0.6 is 0 Å². The van der Waals surface area contributed by atoms with Crippen molar-refractivity contribution >= 4 is 22.9 Å². The van der Waals surface area contributed by atoms with E-state index in [0.717, 1.165) is 12.3 Å². The number of carbonyl (C=O) groups excluding carboxylic acids is 2. The van der Waals surface area contributed by atoms with E-state index in [0.29, 0.717) is 0 Å². The van der Waals surface area contributed by atoms with Crippen molar-refractivity contribution in [2.45, 2.75) is 18.8 Å². The number of fused-ring (bicyclic) bond motifs is 1. The maximum Gasteiger partial charge on any atom is 0.421 e. The van der Waals surface area contributed by atoms with Gasteiger partial charge >= 0.3 is 17.7 Å². The first-order chi connectivity index (χ1) is 10.3. The maximum absolute atomic E-state index is 14.3. The van der Waals surface area contributed by atoms with Crippen LogP contribution in [0, 0.1) is 17.5 Å². The first-order valence-electron chi connectivity index (χ1n) is 6.05. The summed E-state index contributed by atoms with van der Waals surface area (Å²) in [7, 11) is 0. The highest BCUT2D eigenvalue weighted by molar-refractivity contribution is 6.31. The van der Waals surface area contributed by atoms with Gasteiger partial charge in [0.05, 0.1) is 17.7 Å². The molecule has 6 nitrogen and oxygen atoms in total. The van der Waals surface area contributed by atoms with Crippen molar-refractivity contribution in [3.05, 3.63) is 35.3 Å². The van der Waals surface area contributed by atoms with E-state index in [1.165, 1.54) is 6.92 Å². The van der Waals surface area contributed by atoms with E-state index in [1.54, 1.807) is 0 Å². The quantitative estimate of drug-likeness (QED) is 0.512. The zero-order chi connectivity index (χ0) is 16.2. The SMILES string of the molecule is CC(N)C1(c2c(F)c(F)c(F)c3ccoc23)OC(=O)C(=O)O1. The molecule has 0 bridgehead atoms. The number of hydrogen-bond acceptors (Lipinski definition) is 6. The Labute approximate surface area is 120 Å². The molecule has 0 radical (unpaired) electrons. The van der Waals surface area contributed by atoms with E-state index >= 15 is 0 Å². The average molecular weight is 315 g/mol. The van der Waals surface area contributed by atoms with Gasteiger partial charge in [-0.1, -0.05) is 0 Å². The summed E-state index contributed by atoms with van der Waals surface area (Å²) in [5, 5.41) is -0.409. The van der Waals surface area contributed by atoms with Crippen molar-refractivity contribution in [3.8, 4) is 0 Å². The molecule has 9 heteroatoms. The molecule has 2 aromatic rings. The topological polar surface area (TPSA) is 91.8 Å². The van der Waals surface area contributed by atoms with Crippen LogP contribution in [0.5, 0.6) is 0 Å².